The molecular weight excluding hydrogens is 423 g/mol. The molecule has 0 saturated carbocycles. The van der Waals surface area contributed by atoms with Crippen LogP contribution in [0.5, 0.6) is 5.75 Å². The van der Waals surface area contributed by atoms with Crippen LogP contribution in [0.25, 0.3) is 0 Å². The van der Waals surface area contributed by atoms with Gasteiger partial charge in [-0.1, -0.05) is 43.1 Å². The molecule has 0 aliphatic rings. The summed E-state index contributed by atoms with van der Waals surface area (Å²) in [5, 5.41) is 0. The molecule has 6 heteroatoms. The Balaban J connectivity index is 1.69. The van der Waals surface area contributed by atoms with Crippen molar-refractivity contribution in [2.24, 2.45) is 0 Å². The van der Waals surface area contributed by atoms with Gasteiger partial charge >= 0.3 is 6.36 Å². The van der Waals surface area contributed by atoms with Gasteiger partial charge in [0.1, 0.15) is 5.75 Å². The van der Waals surface area contributed by atoms with Crippen LogP contribution in [0.2, 0.25) is 0 Å². The van der Waals surface area contributed by atoms with Gasteiger partial charge in [0.25, 0.3) is 0 Å². The predicted octanol–water partition coefficient (Wildman–Crippen LogP) is 6.62. The summed E-state index contributed by atoms with van der Waals surface area (Å²) in [5.41, 5.74) is 2.10. The van der Waals surface area contributed by atoms with Crippen LogP contribution in [0.1, 0.15) is 41.2 Å². The van der Waals surface area contributed by atoms with Gasteiger partial charge in [0.15, 0.2) is 11.6 Å². The van der Waals surface area contributed by atoms with E-state index in [4.69, 9.17) is 0 Å². The highest BCUT2D eigenvalue weighted by Gasteiger charge is 2.30. The second-order valence-electron chi connectivity index (χ2n) is 6.80. The van der Waals surface area contributed by atoms with Crippen LogP contribution in [-0.2, 0) is 6.42 Å². The Morgan fingerprint density at radius 3 is 1.69 bits per heavy atom. The van der Waals surface area contributed by atoms with Crippen molar-refractivity contribution < 1.29 is 26.7 Å². The fourth-order valence-corrected chi connectivity index (χ4v) is 2.81. The van der Waals surface area contributed by atoms with Crippen molar-refractivity contribution >= 4 is 0 Å². The van der Waals surface area contributed by atoms with E-state index in [0.29, 0.717) is 35.1 Å². The highest BCUT2D eigenvalue weighted by atomic mass is 19.4. The number of hydrogen-bond acceptors (Lipinski definition) is 1. The summed E-state index contributed by atoms with van der Waals surface area (Å²) in [6.45, 7) is 1.89. The van der Waals surface area contributed by atoms with Crippen LogP contribution >= 0.6 is 0 Å². The fourth-order valence-electron chi connectivity index (χ4n) is 2.81. The summed E-state index contributed by atoms with van der Waals surface area (Å²) in [5.74, 6) is 9.05. The van der Waals surface area contributed by atoms with Crippen LogP contribution in [0.15, 0.2) is 60.7 Å². The molecule has 0 fully saturated rings. The zero-order valence-electron chi connectivity index (χ0n) is 17.0. The molecule has 0 aliphatic heterocycles. The number of benzene rings is 3. The van der Waals surface area contributed by atoms with Gasteiger partial charge in [0.05, 0.1) is 5.56 Å². The van der Waals surface area contributed by atoms with Crippen LogP contribution in [0, 0.1) is 35.3 Å². The van der Waals surface area contributed by atoms with Gasteiger partial charge < -0.3 is 4.74 Å². The molecule has 0 radical (unpaired) electrons. The van der Waals surface area contributed by atoms with Crippen molar-refractivity contribution in [2.75, 3.05) is 0 Å². The largest absolute Gasteiger partial charge is 0.573 e. The lowest BCUT2D eigenvalue weighted by atomic mass is 10.1. The van der Waals surface area contributed by atoms with Gasteiger partial charge in [-0.15, -0.1) is 13.2 Å². The van der Waals surface area contributed by atoms with Crippen LogP contribution in [0.3, 0.4) is 0 Å². The van der Waals surface area contributed by atoms with E-state index in [1.165, 1.54) is 30.3 Å². The average Bonchev–Trinajstić information content (AvgIpc) is 2.76. The van der Waals surface area contributed by atoms with E-state index in [1.54, 1.807) is 30.3 Å². The maximum Gasteiger partial charge on any atom is 0.573 e. The molecule has 0 aliphatic carbocycles. The van der Waals surface area contributed by atoms with Gasteiger partial charge in [0.2, 0.25) is 0 Å². The lowest BCUT2D eigenvalue weighted by molar-refractivity contribution is -0.274. The minimum absolute atomic E-state index is 0.0100. The molecule has 0 bridgehead atoms. The third-order valence-corrected chi connectivity index (χ3v) is 4.35. The topological polar surface area (TPSA) is 9.23 Å². The van der Waals surface area contributed by atoms with E-state index in [-0.39, 0.29) is 11.3 Å². The second-order valence-corrected chi connectivity index (χ2v) is 6.80. The highest BCUT2D eigenvalue weighted by Crippen LogP contribution is 2.22. The average molecular weight is 440 g/mol. The van der Waals surface area contributed by atoms with Crippen LogP contribution in [0.4, 0.5) is 22.0 Å². The van der Waals surface area contributed by atoms with Crippen molar-refractivity contribution in [1.82, 2.24) is 0 Å². The van der Waals surface area contributed by atoms with Crippen LogP contribution < -0.4 is 4.74 Å². The minimum atomic E-state index is -4.74. The van der Waals surface area contributed by atoms with Crippen molar-refractivity contribution in [3.63, 3.8) is 0 Å². The maximum atomic E-state index is 14.2. The third-order valence-electron chi connectivity index (χ3n) is 4.35. The lowest BCUT2D eigenvalue weighted by Crippen LogP contribution is -2.16. The molecule has 0 saturated heterocycles. The Kier molecular flexibility index (Phi) is 7.18. The molecule has 3 aromatic carbocycles. The first-order valence-corrected chi connectivity index (χ1v) is 9.72. The van der Waals surface area contributed by atoms with E-state index >= 15 is 0 Å². The van der Waals surface area contributed by atoms with E-state index in [2.05, 4.69) is 28.4 Å². The Morgan fingerprint density at radius 1 is 0.688 bits per heavy atom. The number of hydrogen-bond donors (Lipinski definition) is 0. The molecule has 0 heterocycles. The SMILES string of the molecule is CCCc1ccc(C#Cc2ccc(C#Cc3ccc(OC(F)(F)F)cc3)cc2)c(F)c1F. The normalized spacial score (nSPS) is 10.6. The molecule has 0 spiro atoms. The molecule has 0 unspecified atom stereocenters. The second kappa shape index (κ2) is 10.0. The van der Waals surface area contributed by atoms with Gasteiger partial charge in [-0.25, -0.2) is 8.78 Å². The number of alkyl halides is 3. The Labute approximate surface area is 182 Å². The molecule has 0 amide bonds. The highest BCUT2D eigenvalue weighted by molar-refractivity contribution is 5.49. The monoisotopic (exact) mass is 440 g/mol. The summed E-state index contributed by atoms with van der Waals surface area (Å²) in [7, 11) is 0. The van der Waals surface area contributed by atoms with Crippen molar-refractivity contribution in [1.29, 1.82) is 0 Å². The number of rotatable bonds is 3. The van der Waals surface area contributed by atoms with Crippen LogP contribution in [-0.4, -0.2) is 6.36 Å². The predicted molar refractivity (Wildman–Crippen MR) is 112 cm³/mol. The summed E-state index contributed by atoms with van der Waals surface area (Å²) in [6.07, 6.45) is -3.56. The first kappa shape index (κ1) is 22.9. The molecule has 0 atom stereocenters. The van der Waals surface area contributed by atoms with E-state index < -0.39 is 18.0 Å². The van der Waals surface area contributed by atoms with Gasteiger partial charge in [-0.05, 0) is 66.6 Å². The van der Waals surface area contributed by atoms with Gasteiger partial charge in [-0.2, -0.15) is 0 Å². The fraction of sp³-hybridized carbons (Fsp3) is 0.154. The Bertz CT molecular complexity index is 1200. The van der Waals surface area contributed by atoms with E-state index in [9.17, 15) is 22.0 Å². The standard InChI is InChI=1S/C26H17F5O/c1-2-3-21-14-15-22(25(28)24(21)27)13-10-19-7-4-18(5-8-19)6-9-20-11-16-23(17-12-20)32-26(29,30)31/h4-5,7-8,11-12,14-17H,2-3H2,1H3. The lowest BCUT2D eigenvalue weighted by Gasteiger charge is -2.07. The number of ether oxygens (including phenoxy) is 1. The summed E-state index contributed by atoms with van der Waals surface area (Å²) in [4.78, 5) is 0. The smallest absolute Gasteiger partial charge is 0.406 e. The molecule has 3 rings (SSSR count). The molecule has 32 heavy (non-hydrogen) atoms. The zero-order chi connectivity index (χ0) is 23.1. The van der Waals surface area contributed by atoms with Gasteiger partial charge in [-0.3, -0.25) is 0 Å². The quantitative estimate of drug-likeness (QED) is 0.329. The first-order chi connectivity index (χ1) is 15.2. The number of aryl methyl sites for hydroxylation is 1. The third kappa shape index (κ3) is 6.36. The molecular formula is C26H17F5O. The van der Waals surface area contributed by atoms with Crippen molar-refractivity contribution in [3.8, 4) is 29.4 Å². The van der Waals surface area contributed by atoms with Crippen molar-refractivity contribution in [2.45, 2.75) is 26.1 Å². The minimum Gasteiger partial charge on any atom is -0.406 e. The Morgan fingerprint density at radius 2 is 1.19 bits per heavy atom. The maximum absolute atomic E-state index is 14.2. The summed E-state index contributed by atoms with van der Waals surface area (Å²) in [6, 6.07) is 15.0. The van der Waals surface area contributed by atoms with Gasteiger partial charge in [0, 0.05) is 16.7 Å². The summed E-state index contributed by atoms with van der Waals surface area (Å²) >= 11 is 0. The molecule has 1 nitrogen and oxygen atoms in total. The summed E-state index contributed by atoms with van der Waals surface area (Å²) < 4.78 is 68.6. The molecule has 0 N–H and O–H groups in total. The molecule has 3 aromatic rings. The first-order valence-electron chi connectivity index (χ1n) is 9.72. The molecule has 0 aromatic heterocycles. The number of halogens is 5. The molecule has 162 valence electrons. The Hall–Kier alpha value is -3.77. The van der Waals surface area contributed by atoms with E-state index in [1.807, 2.05) is 6.92 Å². The van der Waals surface area contributed by atoms with E-state index in [0.717, 1.165) is 0 Å². The van der Waals surface area contributed by atoms with Crippen molar-refractivity contribution in [3.05, 3.63) is 100 Å². The zero-order valence-corrected chi connectivity index (χ0v) is 17.0.